The van der Waals surface area contributed by atoms with Crippen LogP contribution >= 0.6 is 0 Å². The van der Waals surface area contributed by atoms with E-state index in [-0.39, 0.29) is 11.9 Å². The lowest BCUT2D eigenvalue weighted by Gasteiger charge is -2.17. The Morgan fingerprint density at radius 1 is 1.16 bits per heavy atom. The second-order valence-electron chi connectivity index (χ2n) is 4.40. The molecule has 0 saturated heterocycles. The first-order chi connectivity index (χ1) is 9.18. The highest BCUT2D eigenvalue weighted by atomic mass is 16.2. The van der Waals surface area contributed by atoms with E-state index in [0.717, 1.165) is 11.1 Å². The van der Waals surface area contributed by atoms with Crippen LogP contribution in [-0.2, 0) is 4.79 Å². The monoisotopic (exact) mass is 255 g/mol. The molecule has 2 atom stereocenters. The predicted molar refractivity (Wildman–Crippen MR) is 74.2 cm³/mol. The Hall–Kier alpha value is -2.20. The molecule has 0 aliphatic heterocycles. The van der Waals surface area contributed by atoms with Gasteiger partial charge in [-0.25, -0.2) is 0 Å². The first-order valence-electron chi connectivity index (χ1n) is 6.19. The summed E-state index contributed by atoms with van der Waals surface area (Å²) in [5, 5.41) is 2.89. The SMILES string of the molecule is C[C@H](NC(=O)[C@H](N)c1ccccc1)c1cccnc1. The number of nitrogens with two attached hydrogens (primary N) is 1. The smallest absolute Gasteiger partial charge is 0.241 e. The Bertz CT molecular complexity index is 528. The summed E-state index contributed by atoms with van der Waals surface area (Å²) >= 11 is 0. The average molecular weight is 255 g/mol. The van der Waals surface area contributed by atoms with Crippen LogP contribution in [0.3, 0.4) is 0 Å². The van der Waals surface area contributed by atoms with E-state index in [1.807, 2.05) is 49.4 Å². The lowest BCUT2D eigenvalue weighted by Crippen LogP contribution is -2.35. The predicted octanol–water partition coefficient (Wildman–Crippen LogP) is 1.96. The molecule has 98 valence electrons. The average Bonchev–Trinajstić information content (AvgIpc) is 2.48. The van der Waals surface area contributed by atoms with E-state index < -0.39 is 6.04 Å². The van der Waals surface area contributed by atoms with Gasteiger partial charge in [0.05, 0.1) is 6.04 Å². The van der Waals surface area contributed by atoms with Gasteiger partial charge in [-0.05, 0) is 24.1 Å². The molecule has 1 aromatic heterocycles. The van der Waals surface area contributed by atoms with Crippen LogP contribution in [0.2, 0.25) is 0 Å². The number of carbonyl (C=O) groups is 1. The minimum atomic E-state index is -0.652. The summed E-state index contributed by atoms with van der Waals surface area (Å²) in [6.07, 6.45) is 3.44. The number of rotatable bonds is 4. The molecule has 1 amide bonds. The van der Waals surface area contributed by atoms with Crippen molar-refractivity contribution in [1.82, 2.24) is 10.3 Å². The third-order valence-electron chi connectivity index (χ3n) is 2.98. The third kappa shape index (κ3) is 3.39. The van der Waals surface area contributed by atoms with Gasteiger partial charge in [0.25, 0.3) is 0 Å². The number of carbonyl (C=O) groups excluding carboxylic acids is 1. The van der Waals surface area contributed by atoms with E-state index in [1.165, 1.54) is 0 Å². The third-order valence-corrected chi connectivity index (χ3v) is 2.98. The van der Waals surface area contributed by atoms with Gasteiger partial charge in [-0.3, -0.25) is 9.78 Å². The van der Waals surface area contributed by atoms with Crippen molar-refractivity contribution in [3.8, 4) is 0 Å². The number of nitrogens with zero attached hydrogens (tertiary/aromatic N) is 1. The summed E-state index contributed by atoms with van der Waals surface area (Å²) in [6, 6.07) is 12.3. The van der Waals surface area contributed by atoms with Gasteiger partial charge in [-0.2, -0.15) is 0 Å². The molecule has 0 fully saturated rings. The quantitative estimate of drug-likeness (QED) is 0.877. The van der Waals surface area contributed by atoms with Crippen LogP contribution in [0, 0.1) is 0 Å². The normalized spacial score (nSPS) is 13.6. The van der Waals surface area contributed by atoms with E-state index >= 15 is 0 Å². The Balaban J connectivity index is 2.02. The minimum Gasteiger partial charge on any atom is -0.348 e. The molecule has 4 nitrogen and oxygen atoms in total. The van der Waals surface area contributed by atoms with Gasteiger partial charge in [0, 0.05) is 12.4 Å². The molecule has 1 aromatic carbocycles. The van der Waals surface area contributed by atoms with Gasteiger partial charge >= 0.3 is 0 Å². The van der Waals surface area contributed by atoms with E-state index in [4.69, 9.17) is 5.73 Å². The van der Waals surface area contributed by atoms with Crippen LogP contribution in [0.1, 0.15) is 30.1 Å². The molecule has 2 aromatic rings. The molecule has 1 heterocycles. The Kier molecular flexibility index (Phi) is 4.26. The first-order valence-corrected chi connectivity index (χ1v) is 6.19. The fourth-order valence-electron chi connectivity index (χ4n) is 1.83. The van der Waals surface area contributed by atoms with Crippen molar-refractivity contribution >= 4 is 5.91 Å². The van der Waals surface area contributed by atoms with Gasteiger partial charge < -0.3 is 11.1 Å². The molecule has 0 radical (unpaired) electrons. The molecule has 19 heavy (non-hydrogen) atoms. The van der Waals surface area contributed by atoms with Crippen molar-refractivity contribution in [3.05, 3.63) is 66.0 Å². The molecule has 4 heteroatoms. The molecular formula is C15H17N3O. The van der Waals surface area contributed by atoms with Crippen LogP contribution in [0.15, 0.2) is 54.9 Å². The van der Waals surface area contributed by atoms with Gasteiger partial charge in [0.2, 0.25) is 5.91 Å². The molecule has 0 unspecified atom stereocenters. The lowest BCUT2D eigenvalue weighted by atomic mass is 10.1. The maximum atomic E-state index is 12.1. The second-order valence-corrected chi connectivity index (χ2v) is 4.40. The summed E-state index contributed by atoms with van der Waals surface area (Å²) < 4.78 is 0. The van der Waals surface area contributed by atoms with Gasteiger partial charge in [-0.15, -0.1) is 0 Å². The van der Waals surface area contributed by atoms with Crippen LogP contribution in [0.5, 0.6) is 0 Å². The van der Waals surface area contributed by atoms with Crippen molar-refractivity contribution < 1.29 is 4.79 Å². The molecule has 0 saturated carbocycles. The van der Waals surface area contributed by atoms with E-state index in [2.05, 4.69) is 10.3 Å². The van der Waals surface area contributed by atoms with Gasteiger partial charge in [0.1, 0.15) is 6.04 Å². The molecule has 3 N–H and O–H groups in total. The molecule has 0 aliphatic carbocycles. The topological polar surface area (TPSA) is 68.0 Å². The summed E-state index contributed by atoms with van der Waals surface area (Å²) in [5.74, 6) is -0.192. The highest BCUT2D eigenvalue weighted by Crippen LogP contribution is 2.14. The number of hydrogen-bond acceptors (Lipinski definition) is 3. The number of pyridine rings is 1. The standard InChI is InChI=1S/C15H17N3O/c1-11(13-8-5-9-17-10-13)18-15(19)14(16)12-6-3-2-4-7-12/h2-11,14H,16H2,1H3,(H,18,19)/t11-,14+/m0/s1. The summed E-state index contributed by atoms with van der Waals surface area (Å²) in [5.41, 5.74) is 7.70. The highest BCUT2D eigenvalue weighted by molar-refractivity contribution is 5.83. The fraction of sp³-hybridized carbons (Fsp3) is 0.200. The Morgan fingerprint density at radius 3 is 2.47 bits per heavy atom. The molecule has 0 aliphatic rings. The zero-order chi connectivity index (χ0) is 13.7. The summed E-state index contributed by atoms with van der Waals surface area (Å²) in [4.78, 5) is 16.1. The van der Waals surface area contributed by atoms with Crippen molar-refractivity contribution in [2.45, 2.75) is 19.0 Å². The zero-order valence-corrected chi connectivity index (χ0v) is 10.8. The van der Waals surface area contributed by atoms with E-state index in [9.17, 15) is 4.79 Å². The minimum absolute atomic E-state index is 0.115. The van der Waals surface area contributed by atoms with E-state index in [0.29, 0.717) is 0 Å². The molecular weight excluding hydrogens is 238 g/mol. The summed E-state index contributed by atoms with van der Waals surface area (Å²) in [7, 11) is 0. The van der Waals surface area contributed by atoms with Crippen molar-refractivity contribution in [2.24, 2.45) is 5.73 Å². The van der Waals surface area contributed by atoms with Crippen LogP contribution in [-0.4, -0.2) is 10.9 Å². The van der Waals surface area contributed by atoms with Gasteiger partial charge in [0.15, 0.2) is 0 Å². The van der Waals surface area contributed by atoms with Crippen LogP contribution < -0.4 is 11.1 Å². The maximum absolute atomic E-state index is 12.1. The van der Waals surface area contributed by atoms with E-state index in [1.54, 1.807) is 12.4 Å². The second kappa shape index (κ2) is 6.11. The largest absolute Gasteiger partial charge is 0.348 e. The van der Waals surface area contributed by atoms with Gasteiger partial charge in [-0.1, -0.05) is 36.4 Å². The number of benzene rings is 1. The highest BCUT2D eigenvalue weighted by Gasteiger charge is 2.17. The number of nitrogens with one attached hydrogen (secondary N) is 1. The summed E-state index contributed by atoms with van der Waals surface area (Å²) in [6.45, 7) is 1.91. The van der Waals surface area contributed by atoms with Crippen molar-refractivity contribution in [1.29, 1.82) is 0 Å². The Morgan fingerprint density at radius 2 is 1.84 bits per heavy atom. The maximum Gasteiger partial charge on any atom is 0.241 e. The van der Waals surface area contributed by atoms with Crippen LogP contribution in [0.25, 0.3) is 0 Å². The van der Waals surface area contributed by atoms with Crippen molar-refractivity contribution in [2.75, 3.05) is 0 Å². The molecule has 0 bridgehead atoms. The Labute approximate surface area is 112 Å². The zero-order valence-electron chi connectivity index (χ0n) is 10.8. The lowest BCUT2D eigenvalue weighted by molar-refractivity contribution is -0.123. The number of hydrogen-bond donors (Lipinski definition) is 2. The number of amides is 1. The van der Waals surface area contributed by atoms with Crippen LogP contribution in [0.4, 0.5) is 0 Å². The molecule has 2 rings (SSSR count). The van der Waals surface area contributed by atoms with Crippen molar-refractivity contribution in [3.63, 3.8) is 0 Å². The first kappa shape index (κ1) is 13.2. The molecule has 0 spiro atoms. The fourth-order valence-corrected chi connectivity index (χ4v) is 1.83. The number of aromatic nitrogens is 1.